The Labute approximate surface area is 127 Å². The first-order chi connectivity index (χ1) is 11.1. The van der Waals surface area contributed by atoms with Gasteiger partial charge in [0.1, 0.15) is 5.82 Å². The van der Waals surface area contributed by atoms with Gasteiger partial charge in [0.15, 0.2) is 5.36 Å². The number of hydrogen-bond acceptors (Lipinski definition) is 5. The maximum atomic E-state index is 13.2. The summed E-state index contributed by atoms with van der Waals surface area (Å²) in [6.07, 6.45) is 2.95. The Bertz CT molecular complexity index is 1040. The van der Waals surface area contributed by atoms with Crippen molar-refractivity contribution in [2.45, 2.75) is 0 Å². The van der Waals surface area contributed by atoms with E-state index in [1.807, 2.05) is 0 Å². The number of nitrogens with one attached hydrogen (secondary N) is 2. The van der Waals surface area contributed by atoms with E-state index in [2.05, 4.69) is 20.8 Å². The van der Waals surface area contributed by atoms with Crippen LogP contribution in [-0.2, 0) is 0 Å². The highest BCUT2D eigenvalue weighted by atomic mass is 19.1. The topological polar surface area (TPSA) is 101 Å². The molecule has 1 aromatic heterocycles. The third-order valence-electron chi connectivity index (χ3n) is 3.09. The Morgan fingerprint density at radius 1 is 1.13 bits per heavy atom. The number of nitrogens with zero attached hydrogens (tertiary/aromatic N) is 2. The largest absolute Gasteiger partial charge is 0.339 e. The second kappa shape index (κ2) is 5.76. The van der Waals surface area contributed by atoms with E-state index in [0.717, 1.165) is 12.1 Å². The molecule has 2 amide bonds. The quantitative estimate of drug-likeness (QED) is 0.677. The van der Waals surface area contributed by atoms with Gasteiger partial charge in [-0.2, -0.15) is 5.10 Å². The average molecular weight is 312 g/mol. The standard InChI is InChI=1S/C15H9FN4O3/c16-8-3-4-10-11(6-8)14(22)12(13(10)21)19-20-15(23)18-9-2-1-5-17-7-9/h1-7H,(H2,18,20,23). The Hall–Kier alpha value is -3.42. The predicted octanol–water partition coefficient (Wildman–Crippen LogP) is 0.607. The van der Waals surface area contributed by atoms with E-state index in [9.17, 15) is 18.8 Å². The summed E-state index contributed by atoms with van der Waals surface area (Å²) in [6, 6.07) is 5.74. The highest BCUT2D eigenvalue weighted by molar-refractivity contribution is 5.88. The SMILES string of the molecule is O=C(NN=c1c(=O)c2ccc(F)cc2c1=O)Nc1cccnc1. The van der Waals surface area contributed by atoms with Gasteiger partial charge in [-0.05, 0) is 30.3 Å². The number of fused-ring (bicyclic) bond motifs is 1. The molecule has 0 radical (unpaired) electrons. The van der Waals surface area contributed by atoms with E-state index in [-0.39, 0.29) is 10.8 Å². The van der Waals surface area contributed by atoms with E-state index >= 15 is 0 Å². The van der Waals surface area contributed by atoms with Crippen molar-refractivity contribution in [1.82, 2.24) is 10.4 Å². The monoisotopic (exact) mass is 312 g/mol. The number of aromatic nitrogens is 1. The zero-order valence-corrected chi connectivity index (χ0v) is 11.5. The van der Waals surface area contributed by atoms with Crippen molar-refractivity contribution in [2.75, 3.05) is 5.32 Å². The molecule has 23 heavy (non-hydrogen) atoms. The first-order valence-electron chi connectivity index (χ1n) is 6.50. The molecule has 0 aliphatic rings. The van der Waals surface area contributed by atoms with Crippen LogP contribution in [0.3, 0.4) is 0 Å². The summed E-state index contributed by atoms with van der Waals surface area (Å²) >= 11 is 0. The molecular weight excluding hydrogens is 303 g/mol. The van der Waals surface area contributed by atoms with Gasteiger partial charge < -0.3 is 5.32 Å². The smallest absolute Gasteiger partial charge is 0.305 e. The molecule has 7 nitrogen and oxygen atoms in total. The Morgan fingerprint density at radius 2 is 1.91 bits per heavy atom. The lowest BCUT2D eigenvalue weighted by atomic mass is 10.2. The number of pyridine rings is 1. The molecule has 3 rings (SSSR count). The zero-order valence-electron chi connectivity index (χ0n) is 11.5. The molecule has 2 N–H and O–H groups in total. The highest BCUT2D eigenvalue weighted by Crippen LogP contribution is 2.06. The number of amides is 2. The molecule has 0 fully saturated rings. The van der Waals surface area contributed by atoms with Crippen molar-refractivity contribution in [1.29, 1.82) is 0 Å². The number of rotatable bonds is 2. The first-order valence-corrected chi connectivity index (χ1v) is 6.50. The van der Waals surface area contributed by atoms with E-state index in [0.29, 0.717) is 5.69 Å². The van der Waals surface area contributed by atoms with Crippen molar-refractivity contribution < 1.29 is 9.18 Å². The van der Waals surface area contributed by atoms with Gasteiger partial charge in [0.25, 0.3) is 0 Å². The van der Waals surface area contributed by atoms with Crippen molar-refractivity contribution in [2.24, 2.45) is 5.10 Å². The van der Waals surface area contributed by atoms with Crippen LogP contribution in [0.4, 0.5) is 14.9 Å². The molecule has 0 bridgehead atoms. The molecule has 0 atom stereocenters. The Morgan fingerprint density at radius 3 is 2.65 bits per heavy atom. The van der Waals surface area contributed by atoms with Gasteiger partial charge in [-0.25, -0.2) is 14.6 Å². The van der Waals surface area contributed by atoms with Crippen LogP contribution in [0.5, 0.6) is 0 Å². The van der Waals surface area contributed by atoms with Gasteiger partial charge in [-0.1, -0.05) is 0 Å². The zero-order chi connectivity index (χ0) is 16.4. The Balaban J connectivity index is 1.91. The lowest BCUT2D eigenvalue weighted by molar-refractivity contribution is 0.252. The molecule has 8 heteroatoms. The van der Waals surface area contributed by atoms with E-state index in [1.54, 1.807) is 12.1 Å². The average Bonchev–Trinajstić information content (AvgIpc) is 2.77. The normalized spacial score (nSPS) is 11.6. The fraction of sp³-hybridized carbons (Fsp3) is 0. The van der Waals surface area contributed by atoms with E-state index < -0.39 is 28.1 Å². The van der Waals surface area contributed by atoms with Crippen molar-refractivity contribution in [3.63, 3.8) is 0 Å². The summed E-state index contributed by atoms with van der Waals surface area (Å²) in [7, 11) is 0. The predicted molar refractivity (Wildman–Crippen MR) is 80.8 cm³/mol. The number of carbonyl (C=O) groups is 1. The summed E-state index contributed by atoms with van der Waals surface area (Å²) in [5.41, 5.74) is 1.08. The van der Waals surface area contributed by atoms with Crippen molar-refractivity contribution >= 4 is 22.5 Å². The molecular formula is C15H9FN4O3. The van der Waals surface area contributed by atoms with Crippen LogP contribution in [0.25, 0.3) is 10.8 Å². The number of benzene rings is 1. The number of hydrogen-bond donors (Lipinski definition) is 2. The molecule has 0 unspecified atom stereocenters. The van der Waals surface area contributed by atoms with Gasteiger partial charge in [0.2, 0.25) is 10.9 Å². The highest BCUT2D eigenvalue weighted by Gasteiger charge is 2.12. The van der Waals surface area contributed by atoms with Gasteiger partial charge >= 0.3 is 6.03 Å². The number of carbonyl (C=O) groups excluding carboxylic acids is 1. The lowest BCUT2D eigenvalue weighted by Crippen LogP contribution is -2.36. The number of halogens is 1. The molecule has 114 valence electrons. The molecule has 0 spiro atoms. The van der Waals surface area contributed by atoms with Crippen LogP contribution in [0.15, 0.2) is 57.4 Å². The van der Waals surface area contributed by atoms with Gasteiger partial charge in [0, 0.05) is 17.0 Å². The molecule has 0 aliphatic heterocycles. The second-order valence-electron chi connectivity index (χ2n) is 4.62. The van der Waals surface area contributed by atoms with Crippen LogP contribution in [0, 0.1) is 5.82 Å². The summed E-state index contributed by atoms with van der Waals surface area (Å²) in [5.74, 6) is -0.631. The molecule has 3 aromatic rings. The summed E-state index contributed by atoms with van der Waals surface area (Å²) in [4.78, 5) is 39.5. The van der Waals surface area contributed by atoms with Crippen LogP contribution in [0.1, 0.15) is 0 Å². The number of anilines is 1. The van der Waals surface area contributed by atoms with Crippen LogP contribution in [0.2, 0.25) is 0 Å². The van der Waals surface area contributed by atoms with Crippen molar-refractivity contribution in [3.8, 4) is 0 Å². The summed E-state index contributed by atoms with van der Waals surface area (Å²) in [5, 5.41) is 5.49. The third kappa shape index (κ3) is 2.82. The maximum Gasteiger partial charge on any atom is 0.339 e. The molecule has 1 heterocycles. The number of urea groups is 1. The lowest BCUT2D eigenvalue weighted by Gasteiger charge is -2.01. The molecule has 2 aromatic carbocycles. The molecule has 0 aliphatic carbocycles. The molecule has 0 saturated carbocycles. The van der Waals surface area contributed by atoms with E-state index in [4.69, 9.17) is 0 Å². The summed E-state index contributed by atoms with van der Waals surface area (Å²) in [6.45, 7) is 0. The van der Waals surface area contributed by atoms with E-state index in [1.165, 1.54) is 18.5 Å². The van der Waals surface area contributed by atoms with Gasteiger partial charge in [0.05, 0.1) is 11.9 Å². The Kier molecular flexibility index (Phi) is 3.63. The molecule has 0 saturated heterocycles. The van der Waals surface area contributed by atoms with Crippen molar-refractivity contribution in [3.05, 3.63) is 74.3 Å². The van der Waals surface area contributed by atoms with Gasteiger partial charge in [-0.3, -0.25) is 14.6 Å². The first kappa shape index (κ1) is 14.5. The third-order valence-corrected chi connectivity index (χ3v) is 3.09. The summed E-state index contributed by atoms with van der Waals surface area (Å²) < 4.78 is 13.2. The minimum Gasteiger partial charge on any atom is -0.305 e. The van der Waals surface area contributed by atoms with Crippen LogP contribution < -0.4 is 27.0 Å². The van der Waals surface area contributed by atoms with Gasteiger partial charge in [-0.15, -0.1) is 0 Å². The maximum absolute atomic E-state index is 13.2. The second-order valence-corrected chi connectivity index (χ2v) is 4.62. The van der Waals surface area contributed by atoms with Crippen LogP contribution >= 0.6 is 0 Å². The fourth-order valence-corrected chi connectivity index (χ4v) is 2.06. The minimum absolute atomic E-state index is 0.0598. The van der Waals surface area contributed by atoms with Crippen LogP contribution in [-0.4, -0.2) is 11.0 Å². The fourth-order valence-electron chi connectivity index (χ4n) is 2.06. The minimum atomic E-state index is -0.742.